The Morgan fingerprint density at radius 1 is 1.37 bits per heavy atom. The summed E-state index contributed by atoms with van der Waals surface area (Å²) in [6, 6.07) is 9.70. The lowest BCUT2D eigenvalue weighted by Gasteiger charge is -2.14. The highest BCUT2D eigenvalue weighted by atomic mass is 32.2. The molecule has 5 heteroatoms. The van der Waals surface area contributed by atoms with Crippen molar-refractivity contribution < 1.29 is 0 Å². The van der Waals surface area contributed by atoms with E-state index in [0.717, 1.165) is 5.56 Å². The summed E-state index contributed by atoms with van der Waals surface area (Å²) in [7, 11) is 0. The van der Waals surface area contributed by atoms with Crippen LogP contribution in [0.15, 0.2) is 40.3 Å². The highest BCUT2D eigenvalue weighted by molar-refractivity contribution is 7.99. The van der Waals surface area contributed by atoms with Gasteiger partial charge in [0.2, 0.25) is 0 Å². The number of nitrogens with zero attached hydrogens (tertiary/aromatic N) is 1. The summed E-state index contributed by atoms with van der Waals surface area (Å²) in [4.78, 5) is 18.5. The minimum atomic E-state index is -0.130. The average Bonchev–Trinajstić information content (AvgIpc) is 2.34. The van der Waals surface area contributed by atoms with E-state index < -0.39 is 0 Å². The third-order valence-electron chi connectivity index (χ3n) is 2.73. The predicted octanol–water partition coefficient (Wildman–Crippen LogP) is 2.18. The molecule has 0 radical (unpaired) electrons. The number of aromatic amines is 1. The van der Waals surface area contributed by atoms with Crippen LogP contribution in [0.25, 0.3) is 0 Å². The minimum absolute atomic E-state index is 0.0878. The van der Waals surface area contributed by atoms with Gasteiger partial charge in [-0.2, -0.15) is 0 Å². The molecule has 0 aliphatic carbocycles. The zero-order valence-electron chi connectivity index (χ0n) is 11.0. The van der Waals surface area contributed by atoms with Gasteiger partial charge in [-0.3, -0.25) is 4.79 Å². The molecule has 100 valence electrons. The van der Waals surface area contributed by atoms with Crippen molar-refractivity contribution in [3.05, 3.63) is 57.5 Å². The first kappa shape index (κ1) is 13.8. The Labute approximate surface area is 116 Å². The highest BCUT2D eigenvalue weighted by Gasteiger charge is 2.13. The zero-order valence-corrected chi connectivity index (χ0v) is 11.8. The normalized spacial score (nSPS) is 12.4. The first-order chi connectivity index (χ1) is 9.08. The van der Waals surface area contributed by atoms with Crippen LogP contribution >= 0.6 is 11.8 Å². The molecule has 4 nitrogen and oxygen atoms in total. The van der Waals surface area contributed by atoms with Crippen molar-refractivity contribution in [2.45, 2.75) is 24.3 Å². The summed E-state index contributed by atoms with van der Waals surface area (Å²) in [6.07, 6.45) is 0. The standard InChI is InChI=1S/C14H17N3OS/c1-9-4-3-5-11(6-9)12(8-15)19-14-16-10(2)7-13(18)17-14/h3-7,12H,8,15H2,1-2H3,(H,16,17,18). The second-order valence-corrected chi connectivity index (χ2v) is 5.64. The van der Waals surface area contributed by atoms with Crippen LogP contribution in [0.5, 0.6) is 0 Å². The van der Waals surface area contributed by atoms with Crippen LogP contribution in [-0.2, 0) is 0 Å². The molecule has 0 fully saturated rings. The molecule has 1 heterocycles. The lowest BCUT2D eigenvalue weighted by Crippen LogP contribution is -2.13. The summed E-state index contributed by atoms with van der Waals surface area (Å²) in [5.74, 6) is 0. The molecule has 0 amide bonds. The first-order valence-electron chi connectivity index (χ1n) is 6.10. The number of hydrogen-bond donors (Lipinski definition) is 2. The van der Waals surface area contributed by atoms with Gasteiger partial charge in [-0.05, 0) is 19.4 Å². The Balaban J connectivity index is 2.26. The number of aryl methyl sites for hydroxylation is 2. The van der Waals surface area contributed by atoms with Gasteiger partial charge in [-0.15, -0.1) is 0 Å². The van der Waals surface area contributed by atoms with Gasteiger partial charge in [0, 0.05) is 23.6 Å². The molecule has 3 N–H and O–H groups in total. The van der Waals surface area contributed by atoms with Crippen molar-refractivity contribution in [2.75, 3.05) is 6.54 Å². The van der Waals surface area contributed by atoms with Gasteiger partial charge in [0.1, 0.15) is 0 Å². The Bertz CT molecular complexity index is 624. The number of benzene rings is 1. The molecule has 19 heavy (non-hydrogen) atoms. The third kappa shape index (κ3) is 3.68. The second kappa shape index (κ2) is 6.04. The number of nitrogens with one attached hydrogen (secondary N) is 1. The summed E-state index contributed by atoms with van der Waals surface area (Å²) in [5, 5.41) is 0.701. The first-order valence-corrected chi connectivity index (χ1v) is 6.97. The lowest BCUT2D eigenvalue weighted by atomic mass is 10.1. The molecule has 0 aliphatic heterocycles. The van der Waals surface area contributed by atoms with E-state index in [-0.39, 0.29) is 10.8 Å². The molecule has 0 saturated heterocycles. The molecule has 1 aromatic heterocycles. The van der Waals surface area contributed by atoms with Crippen LogP contribution in [0, 0.1) is 13.8 Å². The quantitative estimate of drug-likeness (QED) is 0.662. The Morgan fingerprint density at radius 3 is 2.79 bits per heavy atom. The predicted molar refractivity (Wildman–Crippen MR) is 78.4 cm³/mol. The highest BCUT2D eigenvalue weighted by Crippen LogP contribution is 2.32. The van der Waals surface area contributed by atoms with Gasteiger partial charge in [0.15, 0.2) is 5.16 Å². The average molecular weight is 275 g/mol. The van der Waals surface area contributed by atoms with E-state index in [1.54, 1.807) is 0 Å². The van der Waals surface area contributed by atoms with Crippen LogP contribution < -0.4 is 11.3 Å². The van der Waals surface area contributed by atoms with E-state index in [0.29, 0.717) is 17.4 Å². The Morgan fingerprint density at radius 2 is 2.16 bits per heavy atom. The molecule has 1 aromatic carbocycles. The lowest BCUT2D eigenvalue weighted by molar-refractivity contribution is 0.879. The topological polar surface area (TPSA) is 71.8 Å². The Hall–Kier alpha value is -1.59. The van der Waals surface area contributed by atoms with Crippen molar-refractivity contribution >= 4 is 11.8 Å². The molecule has 1 atom stereocenters. The summed E-state index contributed by atoms with van der Waals surface area (Å²) in [6.45, 7) is 4.35. The maximum Gasteiger partial charge on any atom is 0.251 e. The third-order valence-corrected chi connectivity index (χ3v) is 3.90. The Kier molecular flexibility index (Phi) is 4.39. The van der Waals surface area contributed by atoms with Crippen molar-refractivity contribution in [2.24, 2.45) is 5.73 Å². The fourth-order valence-corrected chi connectivity index (χ4v) is 2.87. The molecule has 2 aromatic rings. The van der Waals surface area contributed by atoms with Crippen molar-refractivity contribution in [3.8, 4) is 0 Å². The molecule has 2 rings (SSSR count). The van der Waals surface area contributed by atoms with Crippen molar-refractivity contribution in [1.29, 1.82) is 0 Å². The molecule has 1 unspecified atom stereocenters. The van der Waals surface area contributed by atoms with Gasteiger partial charge < -0.3 is 10.7 Å². The molecular weight excluding hydrogens is 258 g/mol. The fourth-order valence-electron chi connectivity index (χ4n) is 1.86. The smallest absolute Gasteiger partial charge is 0.251 e. The molecule has 0 bridgehead atoms. The van der Waals surface area contributed by atoms with Crippen LogP contribution in [0.2, 0.25) is 0 Å². The number of hydrogen-bond acceptors (Lipinski definition) is 4. The maximum absolute atomic E-state index is 11.4. The van der Waals surface area contributed by atoms with Gasteiger partial charge in [0.05, 0.1) is 0 Å². The van der Waals surface area contributed by atoms with Crippen LogP contribution in [0.1, 0.15) is 22.1 Å². The summed E-state index contributed by atoms with van der Waals surface area (Å²) < 4.78 is 0. The summed E-state index contributed by atoms with van der Waals surface area (Å²) in [5.41, 5.74) is 8.77. The largest absolute Gasteiger partial charge is 0.329 e. The molecule has 0 saturated carbocycles. The van der Waals surface area contributed by atoms with Crippen LogP contribution in [0.3, 0.4) is 0 Å². The van der Waals surface area contributed by atoms with Gasteiger partial charge in [-0.25, -0.2) is 4.98 Å². The van der Waals surface area contributed by atoms with E-state index in [2.05, 4.69) is 29.0 Å². The van der Waals surface area contributed by atoms with E-state index in [4.69, 9.17) is 5.73 Å². The SMILES string of the molecule is Cc1cccc(C(CN)Sc2nc(C)cc(=O)[nH]2)c1. The number of aromatic nitrogens is 2. The van der Waals surface area contributed by atoms with Crippen LogP contribution in [0.4, 0.5) is 0 Å². The van der Waals surface area contributed by atoms with E-state index in [9.17, 15) is 4.79 Å². The second-order valence-electron chi connectivity index (χ2n) is 4.45. The maximum atomic E-state index is 11.4. The molecule has 0 aliphatic rings. The molecule has 0 spiro atoms. The van der Waals surface area contributed by atoms with E-state index in [1.807, 2.05) is 19.1 Å². The van der Waals surface area contributed by atoms with E-state index >= 15 is 0 Å². The summed E-state index contributed by atoms with van der Waals surface area (Å²) >= 11 is 1.49. The van der Waals surface area contributed by atoms with E-state index in [1.165, 1.54) is 23.4 Å². The minimum Gasteiger partial charge on any atom is -0.329 e. The number of thioether (sulfide) groups is 1. The number of H-pyrrole nitrogens is 1. The van der Waals surface area contributed by atoms with Crippen molar-refractivity contribution in [3.63, 3.8) is 0 Å². The fraction of sp³-hybridized carbons (Fsp3) is 0.286. The van der Waals surface area contributed by atoms with Gasteiger partial charge in [-0.1, -0.05) is 41.6 Å². The van der Waals surface area contributed by atoms with Crippen molar-refractivity contribution in [1.82, 2.24) is 9.97 Å². The van der Waals surface area contributed by atoms with Gasteiger partial charge in [0.25, 0.3) is 5.56 Å². The zero-order chi connectivity index (χ0) is 13.8. The monoisotopic (exact) mass is 275 g/mol. The molecular formula is C14H17N3OS. The van der Waals surface area contributed by atoms with Gasteiger partial charge >= 0.3 is 0 Å². The number of rotatable bonds is 4. The van der Waals surface area contributed by atoms with Crippen LogP contribution in [-0.4, -0.2) is 16.5 Å². The number of nitrogens with two attached hydrogens (primary N) is 1.